The summed E-state index contributed by atoms with van der Waals surface area (Å²) in [5.41, 5.74) is 1.48. The van der Waals surface area contributed by atoms with Crippen LogP contribution in [0.1, 0.15) is 25.5 Å². The number of aromatic nitrogens is 3. The maximum absolute atomic E-state index is 13.6. The fourth-order valence-corrected chi connectivity index (χ4v) is 4.10. The van der Waals surface area contributed by atoms with Crippen LogP contribution in [0.2, 0.25) is 0 Å². The molecule has 1 amide bonds. The molecule has 0 saturated heterocycles. The number of fused-ring (bicyclic) bond motifs is 1. The van der Waals surface area contributed by atoms with Crippen molar-refractivity contribution < 1.29 is 19.0 Å². The fraction of sp³-hybridized carbons (Fsp3) is 0.348. The highest BCUT2D eigenvalue weighted by molar-refractivity contribution is 5.95. The van der Waals surface area contributed by atoms with Crippen LogP contribution in [0.15, 0.2) is 48.8 Å². The molecule has 1 aliphatic heterocycles. The van der Waals surface area contributed by atoms with E-state index < -0.39 is 12.0 Å². The van der Waals surface area contributed by atoms with Crippen LogP contribution in [0.3, 0.4) is 0 Å². The van der Waals surface area contributed by atoms with E-state index >= 15 is 0 Å². The van der Waals surface area contributed by atoms with Gasteiger partial charge in [-0.05, 0) is 43.7 Å². The van der Waals surface area contributed by atoms with E-state index in [0.717, 1.165) is 5.56 Å². The van der Waals surface area contributed by atoms with Crippen molar-refractivity contribution in [1.82, 2.24) is 14.8 Å². The Labute approximate surface area is 186 Å². The van der Waals surface area contributed by atoms with Gasteiger partial charge in [-0.2, -0.15) is 10.1 Å². The Morgan fingerprint density at radius 1 is 1.12 bits per heavy atom. The molecule has 168 valence electrons. The second kappa shape index (κ2) is 9.17. The predicted molar refractivity (Wildman–Crippen MR) is 121 cm³/mol. The van der Waals surface area contributed by atoms with Crippen molar-refractivity contribution in [1.29, 1.82) is 0 Å². The van der Waals surface area contributed by atoms with E-state index in [1.807, 2.05) is 56.3 Å². The molecule has 2 heterocycles. The first-order valence-corrected chi connectivity index (χ1v) is 10.5. The van der Waals surface area contributed by atoms with Gasteiger partial charge in [-0.15, -0.1) is 0 Å². The zero-order chi connectivity index (χ0) is 22.7. The number of methoxy groups -OCH3 is 2. The molecule has 1 aromatic heterocycles. The average molecular weight is 438 g/mol. The summed E-state index contributed by atoms with van der Waals surface area (Å²) in [4.78, 5) is 17.9. The first-order valence-electron chi connectivity index (χ1n) is 10.5. The molecule has 0 fully saturated rings. The van der Waals surface area contributed by atoms with E-state index in [4.69, 9.17) is 14.2 Å². The molecule has 32 heavy (non-hydrogen) atoms. The van der Waals surface area contributed by atoms with Crippen molar-refractivity contribution >= 4 is 17.5 Å². The van der Waals surface area contributed by atoms with Crippen LogP contribution in [0.5, 0.6) is 17.2 Å². The Bertz CT molecular complexity index is 1100. The molecule has 0 spiro atoms. The molecule has 9 heteroatoms. The van der Waals surface area contributed by atoms with E-state index in [2.05, 4.69) is 20.7 Å². The number of anilines is 2. The van der Waals surface area contributed by atoms with Gasteiger partial charge in [0.05, 0.1) is 38.5 Å². The highest BCUT2D eigenvalue weighted by Gasteiger charge is 2.41. The fourth-order valence-electron chi connectivity index (χ4n) is 4.10. The van der Waals surface area contributed by atoms with E-state index in [0.29, 0.717) is 35.5 Å². The number of hydrogen-bond donors (Lipinski definition) is 2. The zero-order valence-electron chi connectivity index (χ0n) is 18.5. The highest BCUT2D eigenvalue weighted by Crippen LogP contribution is 2.40. The molecule has 0 radical (unpaired) electrons. The number of benzene rings is 2. The van der Waals surface area contributed by atoms with Gasteiger partial charge in [0.15, 0.2) is 11.5 Å². The number of nitrogens with one attached hydrogen (secondary N) is 2. The summed E-state index contributed by atoms with van der Waals surface area (Å²) in [7, 11) is 3.17. The first kappa shape index (κ1) is 21.5. The first-order chi connectivity index (χ1) is 15.6. The Morgan fingerprint density at radius 2 is 1.91 bits per heavy atom. The lowest BCUT2D eigenvalue weighted by molar-refractivity contribution is -0.121. The van der Waals surface area contributed by atoms with Crippen LogP contribution < -0.4 is 24.8 Å². The van der Waals surface area contributed by atoms with Gasteiger partial charge in [-0.25, -0.2) is 4.68 Å². The molecule has 0 aliphatic carbocycles. The molecule has 1 aliphatic rings. The number of ether oxygens (including phenoxy) is 3. The lowest BCUT2D eigenvalue weighted by Crippen LogP contribution is -2.46. The quantitative estimate of drug-likeness (QED) is 0.585. The largest absolute Gasteiger partial charge is 0.495 e. The highest BCUT2D eigenvalue weighted by atomic mass is 16.5. The molecule has 2 N–H and O–H groups in total. The van der Waals surface area contributed by atoms with Crippen molar-refractivity contribution in [2.45, 2.75) is 25.9 Å². The Morgan fingerprint density at radius 3 is 2.66 bits per heavy atom. The number of para-hydroxylation sites is 2. The lowest BCUT2D eigenvalue weighted by Gasteiger charge is -2.37. The van der Waals surface area contributed by atoms with Crippen molar-refractivity contribution in [3.05, 3.63) is 54.4 Å². The third kappa shape index (κ3) is 3.93. The van der Waals surface area contributed by atoms with E-state index in [1.54, 1.807) is 18.9 Å². The van der Waals surface area contributed by atoms with Crippen LogP contribution in [0.4, 0.5) is 11.6 Å². The normalized spacial score (nSPS) is 19.4. The van der Waals surface area contributed by atoms with Gasteiger partial charge in [0.1, 0.15) is 12.1 Å². The van der Waals surface area contributed by atoms with Crippen molar-refractivity contribution in [2.24, 2.45) is 5.92 Å². The summed E-state index contributed by atoms with van der Waals surface area (Å²) in [6.45, 7) is 4.41. The molecule has 3 aromatic rings. The predicted octanol–water partition coefficient (Wildman–Crippen LogP) is 3.35. The van der Waals surface area contributed by atoms with Gasteiger partial charge in [-0.1, -0.05) is 18.2 Å². The summed E-state index contributed by atoms with van der Waals surface area (Å²) < 4.78 is 18.3. The number of carbonyl (C=O) groups is 1. The maximum Gasteiger partial charge on any atom is 0.232 e. The average Bonchev–Trinajstić information content (AvgIpc) is 3.27. The number of hydrogen-bond acceptors (Lipinski definition) is 7. The lowest BCUT2D eigenvalue weighted by atomic mass is 9.85. The van der Waals surface area contributed by atoms with Gasteiger partial charge in [0, 0.05) is 6.04 Å². The van der Waals surface area contributed by atoms with Crippen LogP contribution in [-0.4, -0.2) is 47.5 Å². The number of rotatable bonds is 7. The summed E-state index contributed by atoms with van der Waals surface area (Å²) >= 11 is 0. The minimum atomic E-state index is -0.489. The van der Waals surface area contributed by atoms with Crippen LogP contribution in [0.25, 0.3) is 0 Å². The molecule has 0 bridgehead atoms. The zero-order valence-corrected chi connectivity index (χ0v) is 18.5. The van der Waals surface area contributed by atoms with Crippen molar-refractivity contribution in [3.63, 3.8) is 0 Å². The monoisotopic (exact) mass is 437 g/mol. The third-order valence-corrected chi connectivity index (χ3v) is 5.57. The minimum absolute atomic E-state index is 0.159. The van der Waals surface area contributed by atoms with E-state index in [9.17, 15) is 4.79 Å². The van der Waals surface area contributed by atoms with Crippen LogP contribution >= 0.6 is 0 Å². The van der Waals surface area contributed by atoms with Gasteiger partial charge < -0.3 is 24.8 Å². The van der Waals surface area contributed by atoms with Crippen molar-refractivity contribution in [3.8, 4) is 17.2 Å². The van der Waals surface area contributed by atoms with Gasteiger partial charge >= 0.3 is 0 Å². The summed E-state index contributed by atoms with van der Waals surface area (Å²) in [6, 6.07) is 12.4. The molecule has 2 aromatic carbocycles. The standard InChI is InChI=1S/C23H27N5O4/c1-5-32-18-11-10-15(12-19(18)31-4)21-20(14(2)26-23-24-13-25-28(21)23)22(29)27-16-8-6-7-9-17(16)30-3/h6-14,20-21H,5H2,1-4H3,(H,27,29)(H,24,25,26)/t14-,20-,21-/m1/s1. The number of nitrogens with zero attached hydrogens (tertiary/aromatic N) is 3. The molecular weight excluding hydrogens is 410 g/mol. The van der Waals surface area contributed by atoms with Gasteiger partial charge in [-0.3, -0.25) is 4.79 Å². The van der Waals surface area contributed by atoms with E-state index in [1.165, 1.54) is 6.33 Å². The summed E-state index contributed by atoms with van der Waals surface area (Å²) in [5, 5.41) is 10.7. The second-order valence-electron chi connectivity index (χ2n) is 7.46. The SMILES string of the molecule is CCOc1ccc([C@@H]2[C@H](C(=O)Nc3ccccc3OC)[C@@H](C)Nc3ncnn32)cc1OC. The number of amides is 1. The molecule has 0 saturated carbocycles. The Hall–Kier alpha value is -3.75. The molecule has 0 unspecified atom stereocenters. The molecular formula is C23H27N5O4. The Kier molecular flexibility index (Phi) is 6.16. The van der Waals surface area contributed by atoms with Crippen LogP contribution in [-0.2, 0) is 4.79 Å². The van der Waals surface area contributed by atoms with Gasteiger partial charge in [0.25, 0.3) is 0 Å². The van der Waals surface area contributed by atoms with Crippen molar-refractivity contribution in [2.75, 3.05) is 31.5 Å². The Balaban J connectivity index is 1.74. The van der Waals surface area contributed by atoms with Gasteiger partial charge in [0.2, 0.25) is 11.9 Å². The minimum Gasteiger partial charge on any atom is -0.495 e. The van der Waals surface area contributed by atoms with E-state index in [-0.39, 0.29) is 11.9 Å². The smallest absolute Gasteiger partial charge is 0.232 e. The maximum atomic E-state index is 13.6. The summed E-state index contributed by atoms with van der Waals surface area (Å²) in [6.07, 6.45) is 1.48. The third-order valence-electron chi connectivity index (χ3n) is 5.57. The van der Waals surface area contributed by atoms with Crippen LogP contribution in [0, 0.1) is 5.92 Å². The number of carbonyl (C=O) groups excluding carboxylic acids is 1. The molecule has 3 atom stereocenters. The summed E-state index contributed by atoms with van der Waals surface area (Å²) in [5.74, 6) is 1.80. The molecule has 4 rings (SSSR count). The second-order valence-corrected chi connectivity index (χ2v) is 7.46. The topological polar surface area (TPSA) is 99.5 Å². The molecule has 9 nitrogen and oxygen atoms in total.